The smallest absolute Gasteiger partial charge is 0.0855 e. The Morgan fingerprint density at radius 2 is 1.85 bits per heavy atom. The molecule has 0 unspecified atom stereocenters. The fourth-order valence-corrected chi connectivity index (χ4v) is 3.26. The van der Waals surface area contributed by atoms with E-state index in [9.17, 15) is 10.2 Å². The maximum absolute atomic E-state index is 9.98. The molecule has 0 amide bonds. The standard InChI is InChI=1S/C11H20O2/c1-11-7-3-2-4-8(11)5-6-9(12)10(11)13/h8-10,12-13H,2-7H2,1H3/t8-,9-,10-,11-/m0/s1. The van der Waals surface area contributed by atoms with Gasteiger partial charge in [-0.1, -0.05) is 19.8 Å². The molecular formula is C11H20O2. The summed E-state index contributed by atoms with van der Waals surface area (Å²) in [7, 11) is 0. The van der Waals surface area contributed by atoms with Gasteiger partial charge in [0.25, 0.3) is 0 Å². The van der Waals surface area contributed by atoms with E-state index in [2.05, 4.69) is 6.92 Å². The Morgan fingerprint density at radius 3 is 2.62 bits per heavy atom. The lowest BCUT2D eigenvalue weighted by Gasteiger charge is -2.50. The van der Waals surface area contributed by atoms with Crippen LogP contribution in [0.3, 0.4) is 0 Å². The summed E-state index contributed by atoms with van der Waals surface area (Å²) >= 11 is 0. The Kier molecular flexibility index (Phi) is 2.37. The summed E-state index contributed by atoms with van der Waals surface area (Å²) in [6.07, 6.45) is 5.82. The molecule has 0 radical (unpaired) electrons. The summed E-state index contributed by atoms with van der Waals surface area (Å²) in [4.78, 5) is 0. The number of aliphatic hydroxyl groups is 2. The number of aliphatic hydroxyl groups excluding tert-OH is 2. The van der Waals surface area contributed by atoms with Gasteiger partial charge in [0.2, 0.25) is 0 Å². The monoisotopic (exact) mass is 184 g/mol. The van der Waals surface area contributed by atoms with Gasteiger partial charge in [-0.2, -0.15) is 0 Å². The van der Waals surface area contributed by atoms with E-state index >= 15 is 0 Å². The van der Waals surface area contributed by atoms with Crippen molar-refractivity contribution in [2.24, 2.45) is 11.3 Å². The fraction of sp³-hybridized carbons (Fsp3) is 1.00. The SMILES string of the molecule is C[C@]12CCCC[C@H]1CC[C@H](O)[C@@H]2O. The summed E-state index contributed by atoms with van der Waals surface area (Å²) in [6.45, 7) is 2.16. The van der Waals surface area contributed by atoms with E-state index in [0.717, 1.165) is 19.3 Å². The predicted octanol–water partition coefficient (Wildman–Crippen LogP) is 1.70. The lowest BCUT2D eigenvalue weighted by atomic mass is 9.58. The van der Waals surface area contributed by atoms with Gasteiger partial charge in [0, 0.05) is 0 Å². The molecular weight excluding hydrogens is 164 g/mol. The van der Waals surface area contributed by atoms with Crippen molar-refractivity contribution in [1.29, 1.82) is 0 Å². The van der Waals surface area contributed by atoms with Crippen LogP contribution in [-0.2, 0) is 0 Å². The van der Waals surface area contributed by atoms with Gasteiger partial charge in [-0.25, -0.2) is 0 Å². The summed E-state index contributed by atoms with van der Waals surface area (Å²) in [5.41, 5.74) is 0.00984. The van der Waals surface area contributed by atoms with Crippen molar-refractivity contribution in [2.45, 2.75) is 57.7 Å². The van der Waals surface area contributed by atoms with Gasteiger partial charge in [-0.3, -0.25) is 0 Å². The molecule has 2 saturated carbocycles. The van der Waals surface area contributed by atoms with Crippen molar-refractivity contribution in [2.75, 3.05) is 0 Å². The molecule has 0 spiro atoms. The average Bonchev–Trinajstić information content (AvgIpc) is 2.13. The maximum atomic E-state index is 9.98. The zero-order valence-electron chi connectivity index (χ0n) is 8.37. The maximum Gasteiger partial charge on any atom is 0.0855 e. The van der Waals surface area contributed by atoms with Crippen molar-refractivity contribution >= 4 is 0 Å². The fourth-order valence-electron chi connectivity index (χ4n) is 3.26. The third-order valence-corrected chi connectivity index (χ3v) is 4.30. The van der Waals surface area contributed by atoms with E-state index < -0.39 is 12.2 Å². The zero-order chi connectivity index (χ0) is 9.47. The minimum atomic E-state index is -0.480. The molecule has 0 aromatic rings. The van der Waals surface area contributed by atoms with Crippen LogP contribution < -0.4 is 0 Å². The van der Waals surface area contributed by atoms with Crippen molar-refractivity contribution in [3.05, 3.63) is 0 Å². The highest BCUT2D eigenvalue weighted by Gasteiger charge is 2.47. The Labute approximate surface area is 80.0 Å². The lowest BCUT2D eigenvalue weighted by molar-refractivity contribution is -0.131. The molecule has 2 aliphatic carbocycles. The van der Waals surface area contributed by atoms with Crippen molar-refractivity contribution in [3.8, 4) is 0 Å². The van der Waals surface area contributed by atoms with Crippen LogP contribution in [0.15, 0.2) is 0 Å². The van der Waals surface area contributed by atoms with Crippen LogP contribution in [0.2, 0.25) is 0 Å². The zero-order valence-corrected chi connectivity index (χ0v) is 8.37. The lowest BCUT2D eigenvalue weighted by Crippen LogP contribution is -2.51. The highest BCUT2D eigenvalue weighted by Crippen LogP contribution is 2.50. The van der Waals surface area contributed by atoms with Gasteiger partial charge in [0.1, 0.15) is 0 Å². The molecule has 0 aliphatic heterocycles. The Morgan fingerprint density at radius 1 is 1.08 bits per heavy atom. The topological polar surface area (TPSA) is 40.5 Å². The van der Waals surface area contributed by atoms with E-state index in [1.54, 1.807) is 0 Å². The molecule has 2 nitrogen and oxygen atoms in total. The van der Waals surface area contributed by atoms with Crippen LogP contribution in [0.1, 0.15) is 45.4 Å². The van der Waals surface area contributed by atoms with Crippen LogP contribution in [0.25, 0.3) is 0 Å². The highest BCUT2D eigenvalue weighted by atomic mass is 16.3. The van der Waals surface area contributed by atoms with Crippen LogP contribution in [0.4, 0.5) is 0 Å². The molecule has 0 heterocycles. The predicted molar refractivity (Wildman–Crippen MR) is 51.3 cm³/mol. The average molecular weight is 184 g/mol. The van der Waals surface area contributed by atoms with E-state index in [0.29, 0.717) is 5.92 Å². The van der Waals surface area contributed by atoms with Crippen molar-refractivity contribution < 1.29 is 10.2 Å². The highest BCUT2D eigenvalue weighted by molar-refractivity contribution is 4.98. The first kappa shape index (κ1) is 9.47. The molecule has 2 heteroatoms. The van der Waals surface area contributed by atoms with Gasteiger partial charge in [-0.05, 0) is 37.0 Å². The normalized spacial score (nSPS) is 51.5. The van der Waals surface area contributed by atoms with E-state index in [-0.39, 0.29) is 5.41 Å². The molecule has 2 N–H and O–H groups in total. The molecule has 0 bridgehead atoms. The first-order valence-corrected chi connectivity index (χ1v) is 5.51. The van der Waals surface area contributed by atoms with Crippen LogP contribution in [-0.4, -0.2) is 22.4 Å². The quantitative estimate of drug-likeness (QED) is 0.601. The summed E-state index contributed by atoms with van der Waals surface area (Å²) in [5, 5.41) is 19.6. The Balaban J connectivity index is 2.17. The van der Waals surface area contributed by atoms with Gasteiger partial charge in [-0.15, -0.1) is 0 Å². The van der Waals surface area contributed by atoms with Crippen molar-refractivity contribution in [1.82, 2.24) is 0 Å². The number of hydrogen-bond donors (Lipinski definition) is 2. The molecule has 4 atom stereocenters. The molecule has 2 fully saturated rings. The van der Waals surface area contributed by atoms with Gasteiger partial charge in [0.05, 0.1) is 12.2 Å². The minimum absolute atomic E-state index is 0.00984. The summed E-state index contributed by atoms with van der Waals surface area (Å²) in [6, 6.07) is 0. The van der Waals surface area contributed by atoms with Crippen LogP contribution >= 0.6 is 0 Å². The molecule has 0 aromatic carbocycles. The third kappa shape index (κ3) is 1.40. The summed E-state index contributed by atoms with van der Waals surface area (Å²) in [5.74, 6) is 0.652. The van der Waals surface area contributed by atoms with E-state index in [4.69, 9.17) is 0 Å². The Hall–Kier alpha value is -0.0800. The van der Waals surface area contributed by atoms with Crippen LogP contribution in [0.5, 0.6) is 0 Å². The molecule has 13 heavy (non-hydrogen) atoms. The minimum Gasteiger partial charge on any atom is -0.390 e. The van der Waals surface area contributed by atoms with Gasteiger partial charge < -0.3 is 10.2 Å². The van der Waals surface area contributed by atoms with E-state index in [1.807, 2.05) is 0 Å². The first-order valence-electron chi connectivity index (χ1n) is 5.51. The molecule has 0 aromatic heterocycles. The van der Waals surface area contributed by atoms with Gasteiger partial charge in [0.15, 0.2) is 0 Å². The van der Waals surface area contributed by atoms with E-state index in [1.165, 1.54) is 19.3 Å². The third-order valence-electron chi connectivity index (χ3n) is 4.30. The number of fused-ring (bicyclic) bond motifs is 1. The Bertz CT molecular complexity index is 189. The van der Waals surface area contributed by atoms with Crippen LogP contribution in [0, 0.1) is 11.3 Å². The first-order chi connectivity index (χ1) is 6.14. The largest absolute Gasteiger partial charge is 0.390 e. The molecule has 2 rings (SSSR count). The molecule has 0 saturated heterocycles. The van der Waals surface area contributed by atoms with Gasteiger partial charge >= 0.3 is 0 Å². The van der Waals surface area contributed by atoms with Crippen molar-refractivity contribution in [3.63, 3.8) is 0 Å². The number of hydrogen-bond acceptors (Lipinski definition) is 2. The molecule has 2 aliphatic rings. The second-order valence-corrected chi connectivity index (χ2v) is 5.04. The molecule has 76 valence electrons. The second-order valence-electron chi connectivity index (χ2n) is 5.04. The summed E-state index contributed by atoms with van der Waals surface area (Å²) < 4.78 is 0. The number of rotatable bonds is 0. The second kappa shape index (κ2) is 3.25.